The van der Waals surface area contributed by atoms with Crippen molar-refractivity contribution in [3.8, 4) is 22.8 Å². The van der Waals surface area contributed by atoms with Crippen molar-refractivity contribution >= 4 is 27.7 Å². The van der Waals surface area contributed by atoms with Gasteiger partial charge in [-0.1, -0.05) is 42.5 Å². The molecule has 0 aliphatic heterocycles. The zero-order chi connectivity index (χ0) is 20.7. The number of non-ortho nitro benzene ring substituents is 1. The molecule has 0 N–H and O–H groups in total. The van der Waals surface area contributed by atoms with E-state index in [-0.39, 0.29) is 34.0 Å². The molecule has 5 rings (SSSR count). The molecule has 0 atom stereocenters. The van der Waals surface area contributed by atoms with E-state index < -0.39 is 10.4 Å². The van der Waals surface area contributed by atoms with Gasteiger partial charge in [0, 0.05) is 11.6 Å². The predicted octanol–water partition coefficient (Wildman–Crippen LogP) is 4.70. The SMILES string of the molecule is O=c1c(Oc2ccc([N+](=O)[O-])c3nonc23)c(-c2ccccc2)oc2ccccc12. The lowest BCUT2D eigenvalue weighted by molar-refractivity contribution is -0.383. The Morgan fingerprint density at radius 2 is 1.63 bits per heavy atom. The maximum atomic E-state index is 13.2. The molecule has 0 saturated carbocycles. The van der Waals surface area contributed by atoms with Crippen LogP contribution >= 0.6 is 0 Å². The Balaban J connectivity index is 1.75. The van der Waals surface area contributed by atoms with Gasteiger partial charge < -0.3 is 9.15 Å². The van der Waals surface area contributed by atoms with Gasteiger partial charge in [-0.25, -0.2) is 4.63 Å². The summed E-state index contributed by atoms with van der Waals surface area (Å²) in [5.41, 5.74) is 0.309. The summed E-state index contributed by atoms with van der Waals surface area (Å²) in [7, 11) is 0. The average Bonchev–Trinajstić information content (AvgIpc) is 3.26. The smallest absolute Gasteiger partial charge is 0.301 e. The highest BCUT2D eigenvalue weighted by atomic mass is 16.6. The van der Waals surface area contributed by atoms with Crippen LogP contribution in [0.15, 0.2) is 80.6 Å². The van der Waals surface area contributed by atoms with Crippen LogP contribution in [0.2, 0.25) is 0 Å². The molecule has 0 saturated heterocycles. The van der Waals surface area contributed by atoms with Crippen molar-refractivity contribution in [1.82, 2.24) is 10.3 Å². The molecule has 9 nitrogen and oxygen atoms in total. The number of para-hydroxylation sites is 1. The maximum absolute atomic E-state index is 13.2. The summed E-state index contributed by atoms with van der Waals surface area (Å²) in [6.45, 7) is 0. The first-order valence-electron chi connectivity index (χ1n) is 8.82. The first-order valence-corrected chi connectivity index (χ1v) is 8.82. The number of aromatic nitrogens is 2. The van der Waals surface area contributed by atoms with Crippen molar-refractivity contribution in [1.29, 1.82) is 0 Å². The van der Waals surface area contributed by atoms with Crippen LogP contribution in [0.1, 0.15) is 0 Å². The van der Waals surface area contributed by atoms with E-state index in [0.717, 1.165) is 0 Å². The minimum absolute atomic E-state index is 0.0239. The first kappa shape index (κ1) is 17.6. The molecule has 0 aliphatic carbocycles. The fraction of sp³-hybridized carbons (Fsp3) is 0. The van der Waals surface area contributed by atoms with E-state index in [9.17, 15) is 14.9 Å². The summed E-state index contributed by atoms with van der Waals surface area (Å²) in [4.78, 5) is 23.8. The third-order valence-corrected chi connectivity index (χ3v) is 4.56. The van der Waals surface area contributed by atoms with E-state index in [1.54, 1.807) is 48.5 Å². The molecule has 0 spiro atoms. The molecule has 0 amide bonds. The molecule has 0 radical (unpaired) electrons. The van der Waals surface area contributed by atoms with Crippen molar-refractivity contribution in [2.45, 2.75) is 0 Å². The molecule has 30 heavy (non-hydrogen) atoms. The minimum Gasteiger partial charge on any atom is -0.452 e. The molecule has 3 aromatic carbocycles. The molecule has 5 aromatic rings. The number of nitro benzene ring substituents is 1. The molecule has 146 valence electrons. The van der Waals surface area contributed by atoms with Gasteiger partial charge >= 0.3 is 5.69 Å². The fourth-order valence-electron chi connectivity index (χ4n) is 3.17. The number of fused-ring (bicyclic) bond motifs is 2. The Morgan fingerprint density at radius 3 is 2.43 bits per heavy atom. The first-order chi connectivity index (χ1) is 14.6. The van der Waals surface area contributed by atoms with Crippen molar-refractivity contribution in [3.63, 3.8) is 0 Å². The number of nitrogens with zero attached hydrogens (tertiary/aromatic N) is 3. The molecular formula is C21H11N3O6. The summed E-state index contributed by atoms with van der Waals surface area (Å²) < 4.78 is 16.6. The summed E-state index contributed by atoms with van der Waals surface area (Å²) in [6, 6.07) is 18.4. The molecule has 0 aliphatic rings. The van der Waals surface area contributed by atoms with Crippen LogP contribution in [-0.2, 0) is 0 Å². The van der Waals surface area contributed by atoms with Crippen LogP contribution in [0.3, 0.4) is 0 Å². The Hall–Kier alpha value is -4.53. The number of hydrogen-bond donors (Lipinski definition) is 0. The van der Waals surface area contributed by atoms with Gasteiger partial charge in [-0.2, -0.15) is 0 Å². The normalized spacial score (nSPS) is 11.1. The third-order valence-electron chi connectivity index (χ3n) is 4.56. The second kappa shape index (κ2) is 6.82. The highest BCUT2D eigenvalue weighted by molar-refractivity contribution is 5.89. The van der Waals surface area contributed by atoms with E-state index in [2.05, 4.69) is 14.9 Å². The van der Waals surface area contributed by atoms with Gasteiger partial charge in [0.25, 0.3) is 0 Å². The minimum atomic E-state index is -0.601. The molecule has 0 bridgehead atoms. The third kappa shape index (κ3) is 2.76. The van der Waals surface area contributed by atoms with Gasteiger partial charge in [0.15, 0.2) is 17.0 Å². The van der Waals surface area contributed by atoms with Gasteiger partial charge in [0.05, 0.1) is 10.3 Å². The van der Waals surface area contributed by atoms with E-state index in [4.69, 9.17) is 9.15 Å². The second-order valence-corrected chi connectivity index (χ2v) is 6.36. The van der Waals surface area contributed by atoms with E-state index in [0.29, 0.717) is 16.5 Å². The van der Waals surface area contributed by atoms with Crippen LogP contribution in [-0.4, -0.2) is 15.2 Å². The van der Waals surface area contributed by atoms with Crippen LogP contribution in [0.5, 0.6) is 11.5 Å². The van der Waals surface area contributed by atoms with Crippen LogP contribution in [0.25, 0.3) is 33.3 Å². The fourth-order valence-corrected chi connectivity index (χ4v) is 3.17. The Kier molecular flexibility index (Phi) is 3.99. The molecule has 9 heteroatoms. The van der Waals surface area contributed by atoms with Crippen LogP contribution < -0.4 is 10.2 Å². The highest BCUT2D eigenvalue weighted by Crippen LogP contribution is 2.37. The van der Waals surface area contributed by atoms with Crippen molar-refractivity contribution in [2.24, 2.45) is 0 Å². The molecule has 0 unspecified atom stereocenters. The maximum Gasteiger partial charge on any atom is 0.301 e. The van der Waals surface area contributed by atoms with Gasteiger partial charge in [-0.05, 0) is 28.5 Å². The quantitative estimate of drug-likeness (QED) is 0.314. The topological polar surface area (TPSA) is 122 Å². The van der Waals surface area contributed by atoms with E-state index >= 15 is 0 Å². The van der Waals surface area contributed by atoms with Gasteiger partial charge in [0.2, 0.25) is 16.7 Å². The molecule has 2 aromatic heterocycles. The van der Waals surface area contributed by atoms with Crippen LogP contribution in [0.4, 0.5) is 5.69 Å². The Bertz CT molecular complexity index is 1470. The Morgan fingerprint density at radius 1 is 0.900 bits per heavy atom. The summed E-state index contributed by atoms with van der Waals surface area (Å²) >= 11 is 0. The Labute approximate surface area is 167 Å². The van der Waals surface area contributed by atoms with Crippen molar-refractivity contribution in [2.75, 3.05) is 0 Å². The number of rotatable bonds is 4. The average molecular weight is 401 g/mol. The van der Waals surface area contributed by atoms with Crippen molar-refractivity contribution in [3.05, 3.63) is 87.1 Å². The van der Waals surface area contributed by atoms with Gasteiger partial charge in [0.1, 0.15) is 5.58 Å². The lowest BCUT2D eigenvalue weighted by atomic mass is 10.1. The molecule has 2 heterocycles. The highest BCUT2D eigenvalue weighted by Gasteiger charge is 2.24. The standard InChI is InChI=1S/C21H11N3O6/c25-19-13-8-4-5-9-15(13)28-20(12-6-2-1-3-7-12)21(19)29-16-11-10-14(24(26)27)17-18(16)23-30-22-17/h1-11H. The van der Waals surface area contributed by atoms with Crippen LogP contribution in [0, 0.1) is 10.1 Å². The predicted molar refractivity (Wildman–Crippen MR) is 106 cm³/mol. The lowest BCUT2D eigenvalue weighted by Gasteiger charge is -2.11. The summed E-state index contributed by atoms with van der Waals surface area (Å²) in [6.07, 6.45) is 0. The van der Waals surface area contributed by atoms with Gasteiger partial charge in [-0.3, -0.25) is 14.9 Å². The number of benzene rings is 3. The molecule has 0 fully saturated rings. The zero-order valence-electron chi connectivity index (χ0n) is 15.1. The zero-order valence-corrected chi connectivity index (χ0v) is 15.1. The van der Waals surface area contributed by atoms with Crippen molar-refractivity contribution < 1.29 is 18.7 Å². The van der Waals surface area contributed by atoms with Gasteiger partial charge in [-0.15, -0.1) is 0 Å². The number of hydrogen-bond acceptors (Lipinski definition) is 8. The summed E-state index contributed by atoms with van der Waals surface area (Å²) in [5.74, 6) is 0.233. The van der Waals surface area contributed by atoms with E-state index in [1.807, 2.05) is 6.07 Å². The second-order valence-electron chi connectivity index (χ2n) is 6.36. The monoisotopic (exact) mass is 401 g/mol. The number of nitro groups is 1. The number of ether oxygens (including phenoxy) is 1. The lowest BCUT2D eigenvalue weighted by Crippen LogP contribution is -2.07. The van der Waals surface area contributed by atoms with E-state index in [1.165, 1.54) is 12.1 Å². The summed E-state index contributed by atoms with van der Waals surface area (Å²) in [5, 5.41) is 18.8. The molecular weight excluding hydrogens is 390 g/mol. The largest absolute Gasteiger partial charge is 0.452 e.